The third kappa shape index (κ3) is 22.1. The summed E-state index contributed by atoms with van der Waals surface area (Å²) < 4.78 is 5.54. The van der Waals surface area contributed by atoms with E-state index < -0.39 is 5.97 Å². The SMILES string of the molecule is CCCCCCCCC(C)OC(=O)CCCCCN(CCO)CCCCCCCC(=O)O. The van der Waals surface area contributed by atoms with Crippen molar-refractivity contribution >= 4 is 11.9 Å². The smallest absolute Gasteiger partial charge is 0.306 e. The molecule has 32 heavy (non-hydrogen) atoms. The van der Waals surface area contributed by atoms with Crippen molar-refractivity contribution in [1.82, 2.24) is 4.90 Å². The maximum absolute atomic E-state index is 12.0. The summed E-state index contributed by atoms with van der Waals surface area (Å²) >= 11 is 0. The van der Waals surface area contributed by atoms with Gasteiger partial charge >= 0.3 is 11.9 Å². The molecule has 0 aliphatic heterocycles. The van der Waals surface area contributed by atoms with Crippen LogP contribution in [-0.2, 0) is 14.3 Å². The van der Waals surface area contributed by atoms with Crippen LogP contribution in [0, 0.1) is 0 Å². The van der Waals surface area contributed by atoms with E-state index >= 15 is 0 Å². The number of carbonyl (C=O) groups excluding carboxylic acids is 1. The lowest BCUT2D eigenvalue weighted by Gasteiger charge is -2.21. The molecule has 0 fully saturated rings. The average Bonchev–Trinajstić information content (AvgIpc) is 2.74. The van der Waals surface area contributed by atoms with Gasteiger partial charge in [-0.2, -0.15) is 0 Å². The molecule has 0 aliphatic rings. The molecular formula is C26H51NO5. The van der Waals surface area contributed by atoms with Crippen molar-refractivity contribution in [2.45, 2.75) is 129 Å². The summed E-state index contributed by atoms with van der Waals surface area (Å²) in [6, 6.07) is 0. The summed E-state index contributed by atoms with van der Waals surface area (Å²) in [6.07, 6.45) is 17.2. The van der Waals surface area contributed by atoms with Crippen LogP contribution >= 0.6 is 0 Å². The number of carboxylic acids is 1. The standard InChI is InChI=1S/C26H51NO5/c1-3-4-5-6-8-12-17-24(2)32-26(31)19-14-11-16-21-27(22-23-28)20-15-10-7-9-13-18-25(29)30/h24,28H,3-23H2,1-2H3,(H,29,30). The van der Waals surface area contributed by atoms with Gasteiger partial charge in [0.25, 0.3) is 0 Å². The minimum Gasteiger partial charge on any atom is -0.481 e. The Balaban J connectivity index is 3.68. The predicted octanol–water partition coefficient (Wildman–Crippen LogP) is 5.95. The first-order chi connectivity index (χ1) is 15.5. The van der Waals surface area contributed by atoms with E-state index in [9.17, 15) is 14.7 Å². The van der Waals surface area contributed by atoms with Crippen LogP contribution in [0.2, 0.25) is 0 Å². The molecule has 0 aromatic rings. The van der Waals surface area contributed by atoms with Crippen LogP contribution in [-0.4, -0.2) is 59.4 Å². The topological polar surface area (TPSA) is 87.1 Å². The highest BCUT2D eigenvalue weighted by molar-refractivity contribution is 5.69. The Bertz CT molecular complexity index is 444. The minimum absolute atomic E-state index is 0.0258. The normalized spacial score (nSPS) is 12.2. The quantitative estimate of drug-likeness (QED) is 0.138. The lowest BCUT2D eigenvalue weighted by atomic mass is 10.1. The Morgan fingerprint density at radius 3 is 1.91 bits per heavy atom. The Morgan fingerprint density at radius 1 is 0.750 bits per heavy atom. The van der Waals surface area contributed by atoms with E-state index in [4.69, 9.17) is 9.84 Å². The zero-order valence-electron chi connectivity index (χ0n) is 21.0. The van der Waals surface area contributed by atoms with Gasteiger partial charge in [-0.15, -0.1) is 0 Å². The van der Waals surface area contributed by atoms with Crippen molar-refractivity contribution in [2.24, 2.45) is 0 Å². The van der Waals surface area contributed by atoms with E-state index in [2.05, 4.69) is 11.8 Å². The van der Waals surface area contributed by atoms with Crippen molar-refractivity contribution in [2.75, 3.05) is 26.2 Å². The van der Waals surface area contributed by atoms with Crippen molar-refractivity contribution in [1.29, 1.82) is 0 Å². The second-order valence-corrected chi connectivity index (χ2v) is 9.14. The number of nitrogens with zero attached hydrogens (tertiary/aromatic N) is 1. The number of hydrogen-bond acceptors (Lipinski definition) is 5. The van der Waals surface area contributed by atoms with Gasteiger partial charge in [-0.3, -0.25) is 9.59 Å². The summed E-state index contributed by atoms with van der Waals surface area (Å²) in [7, 11) is 0. The highest BCUT2D eigenvalue weighted by atomic mass is 16.5. The van der Waals surface area contributed by atoms with E-state index in [1.807, 2.05) is 6.92 Å². The van der Waals surface area contributed by atoms with Gasteiger partial charge in [-0.25, -0.2) is 0 Å². The average molecular weight is 458 g/mol. The van der Waals surface area contributed by atoms with Gasteiger partial charge in [0.15, 0.2) is 0 Å². The van der Waals surface area contributed by atoms with Crippen molar-refractivity contribution in [3.05, 3.63) is 0 Å². The van der Waals surface area contributed by atoms with Crippen LogP contribution < -0.4 is 0 Å². The van der Waals surface area contributed by atoms with Crippen LogP contribution in [0.3, 0.4) is 0 Å². The Labute approximate surface area is 197 Å². The fourth-order valence-corrected chi connectivity index (χ4v) is 3.95. The molecule has 0 radical (unpaired) electrons. The number of aliphatic hydroxyl groups excluding tert-OH is 1. The first kappa shape index (κ1) is 30.9. The molecule has 0 rings (SSSR count). The minimum atomic E-state index is -0.713. The van der Waals surface area contributed by atoms with E-state index in [-0.39, 0.29) is 25.1 Å². The number of carbonyl (C=O) groups is 2. The first-order valence-electron chi connectivity index (χ1n) is 13.2. The molecule has 1 unspecified atom stereocenters. The lowest BCUT2D eigenvalue weighted by Crippen LogP contribution is -2.29. The first-order valence-corrected chi connectivity index (χ1v) is 13.2. The number of carboxylic acid groups (broad SMARTS) is 1. The van der Waals surface area contributed by atoms with E-state index in [0.717, 1.165) is 77.3 Å². The molecular weight excluding hydrogens is 406 g/mol. The van der Waals surface area contributed by atoms with Crippen LogP contribution in [0.1, 0.15) is 123 Å². The second-order valence-electron chi connectivity index (χ2n) is 9.14. The van der Waals surface area contributed by atoms with Crippen LogP contribution in [0.25, 0.3) is 0 Å². The molecule has 0 heterocycles. The zero-order valence-corrected chi connectivity index (χ0v) is 21.0. The largest absolute Gasteiger partial charge is 0.481 e. The van der Waals surface area contributed by atoms with Crippen molar-refractivity contribution < 1.29 is 24.5 Å². The van der Waals surface area contributed by atoms with Gasteiger partial charge in [0.1, 0.15) is 0 Å². The van der Waals surface area contributed by atoms with Gasteiger partial charge in [0.05, 0.1) is 12.7 Å². The molecule has 6 heteroatoms. The summed E-state index contributed by atoms with van der Waals surface area (Å²) in [4.78, 5) is 24.8. The highest BCUT2D eigenvalue weighted by Crippen LogP contribution is 2.12. The Morgan fingerprint density at radius 2 is 1.28 bits per heavy atom. The summed E-state index contributed by atoms with van der Waals surface area (Å²) in [6.45, 7) is 7.01. The van der Waals surface area contributed by atoms with Crippen LogP contribution in [0.15, 0.2) is 0 Å². The second kappa shape index (κ2) is 23.0. The number of aliphatic hydroxyl groups is 1. The van der Waals surface area contributed by atoms with E-state index in [1.165, 1.54) is 32.1 Å². The predicted molar refractivity (Wildman–Crippen MR) is 131 cm³/mol. The molecule has 0 aromatic carbocycles. The monoisotopic (exact) mass is 457 g/mol. The number of aliphatic carboxylic acids is 1. The lowest BCUT2D eigenvalue weighted by molar-refractivity contribution is -0.148. The molecule has 0 spiro atoms. The molecule has 0 saturated heterocycles. The maximum atomic E-state index is 12.0. The summed E-state index contributed by atoms with van der Waals surface area (Å²) in [5.41, 5.74) is 0. The fourth-order valence-electron chi connectivity index (χ4n) is 3.95. The van der Waals surface area contributed by atoms with Crippen molar-refractivity contribution in [3.8, 4) is 0 Å². The summed E-state index contributed by atoms with van der Waals surface area (Å²) in [5.74, 6) is -0.784. The maximum Gasteiger partial charge on any atom is 0.306 e. The Hall–Kier alpha value is -1.14. The third-order valence-corrected chi connectivity index (χ3v) is 5.93. The molecule has 2 N–H and O–H groups in total. The van der Waals surface area contributed by atoms with Gasteiger partial charge in [0.2, 0.25) is 0 Å². The number of unbranched alkanes of at least 4 members (excludes halogenated alkanes) is 11. The number of esters is 1. The number of hydrogen-bond donors (Lipinski definition) is 2. The third-order valence-electron chi connectivity index (χ3n) is 5.93. The van der Waals surface area contributed by atoms with Gasteiger partial charge in [-0.1, -0.05) is 64.7 Å². The molecule has 6 nitrogen and oxygen atoms in total. The molecule has 0 aliphatic carbocycles. The summed E-state index contributed by atoms with van der Waals surface area (Å²) in [5, 5.41) is 17.9. The zero-order chi connectivity index (χ0) is 23.9. The number of rotatable bonds is 24. The highest BCUT2D eigenvalue weighted by Gasteiger charge is 2.10. The van der Waals surface area contributed by atoms with Gasteiger partial charge < -0.3 is 19.8 Å². The molecule has 0 saturated carbocycles. The van der Waals surface area contributed by atoms with Crippen LogP contribution in [0.5, 0.6) is 0 Å². The van der Waals surface area contributed by atoms with Gasteiger partial charge in [-0.05, 0) is 58.5 Å². The Kier molecular flexibility index (Phi) is 22.2. The van der Waals surface area contributed by atoms with Crippen LogP contribution in [0.4, 0.5) is 0 Å². The molecule has 190 valence electrons. The molecule has 0 aromatic heterocycles. The number of ether oxygens (including phenoxy) is 1. The van der Waals surface area contributed by atoms with Crippen molar-refractivity contribution in [3.63, 3.8) is 0 Å². The molecule has 0 amide bonds. The molecule has 0 bridgehead atoms. The fraction of sp³-hybridized carbons (Fsp3) is 0.923. The molecule has 1 atom stereocenters. The van der Waals surface area contributed by atoms with E-state index in [0.29, 0.717) is 13.0 Å². The van der Waals surface area contributed by atoms with Gasteiger partial charge in [0, 0.05) is 19.4 Å². The van der Waals surface area contributed by atoms with E-state index in [1.54, 1.807) is 0 Å².